The van der Waals surface area contributed by atoms with Crippen LogP contribution in [0, 0.1) is 0 Å². The Bertz CT molecular complexity index is 2740. The number of carbonyl (C=O) groups is 4. The van der Waals surface area contributed by atoms with Gasteiger partial charge in [0.2, 0.25) is 0 Å². The van der Waals surface area contributed by atoms with Crippen molar-refractivity contribution in [3.05, 3.63) is 194 Å². The van der Waals surface area contributed by atoms with Crippen LogP contribution in [-0.4, -0.2) is 96.7 Å². The second-order valence-corrected chi connectivity index (χ2v) is 27.7. The first-order valence-electron chi connectivity index (χ1n) is 38.7. The van der Waals surface area contributed by atoms with Crippen LogP contribution >= 0.6 is 15.6 Å². The molecule has 0 aromatic heterocycles. The SMILES string of the molecule is CC/C=C\C/C=C\C/C=C\C/C=C\C/C=C\CCCCCC(=O)OCC(COP(=O)(O)OCC(O)COP(=O)(O)OCC(COC(=O)CCCCCC/C=C\C/C=C\C/C=C\C/C=C\CC)OC(=O)C/C=C\C/C=C\C/C=C\C/C=C\C/C=C\CC)OC(=O)CCCCCCC/C=C\C/C=C\CCC. The molecule has 5 atom stereocenters. The predicted molar refractivity (Wildman–Crippen MR) is 426 cm³/mol. The van der Waals surface area contributed by atoms with Gasteiger partial charge >= 0.3 is 39.5 Å². The van der Waals surface area contributed by atoms with Gasteiger partial charge in [-0.05, 0) is 161 Å². The fourth-order valence-corrected chi connectivity index (χ4v) is 10.9. The summed E-state index contributed by atoms with van der Waals surface area (Å²) in [6.45, 7) is 4.23. The van der Waals surface area contributed by atoms with Gasteiger partial charge in [0, 0.05) is 19.3 Å². The molecule has 0 rings (SSSR count). The van der Waals surface area contributed by atoms with E-state index in [4.69, 9.17) is 37.0 Å². The van der Waals surface area contributed by atoms with Crippen LogP contribution in [0.1, 0.15) is 259 Å². The molecule has 0 bridgehead atoms. The Labute approximate surface area is 627 Å². The molecule has 0 aliphatic rings. The van der Waals surface area contributed by atoms with E-state index in [0.717, 1.165) is 180 Å². The van der Waals surface area contributed by atoms with Crippen molar-refractivity contribution in [2.45, 2.75) is 277 Å². The van der Waals surface area contributed by atoms with Crippen molar-refractivity contribution in [3.8, 4) is 0 Å². The lowest BCUT2D eigenvalue weighted by molar-refractivity contribution is -0.161. The highest BCUT2D eigenvalue weighted by Gasteiger charge is 2.30. The molecule has 0 amide bonds. The third kappa shape index (κ3) is 74.2. The van der Waals surface area contributed by atoms with Gasteiger partial charge in [0.1, 0.15) is 19.3 Å². The summed E-state index contributed by atoms with van der Waals surface area (Å²) in [5.74, 6) is -2.43. The van der Waals surface area contributed by atoms with Gasteiger partial charge in [0.15, 0.2) is 12.2 Å². The van der Waals surface area contributed by atoms with Crippen LogP contribution in [0.15, 0.2) is 194 Å². The average molecular weight is 1490 g/mol. The summed E-state index contributed by atoms with van der Waals surface area (Å²) < 4.78 is 68.3. The quantitative estimate of drug-likeness (QED) is 0.0169. The van der Waals surface area contributed by atoms with Crippen molar-refractivity contribution in [1.82, 2.24) is 0 Å². The van der Waals surface area contributed by atoms with E-state index in [9.17, 15) is 43.2 Å². The molecule has 104 heavy (non-hydrogen) atoms. The number of aliphatic hydroxyl groups is 1. The monoisotopic (exact) mass is 1490 g/mol. The summed E-state index contributed by atoms with van der Waals surface area (Å²) in [7, 11) is -10.0. The lowest BCUT2D eigenvalue weighted by Crippen LogP contribution is -2.30. The van der Waals surface area contributed by atoms with Crippen LogP contribution in [0.25, 0.3) is 0 Å². The summed E-state index contributed by atoms with van der Waals surface area (Å²) in [6, 6.07) is 0. The zero-order valence-corrected chi connectivity index (χ0v) is 65.6. The maximum atomic E-state index is 13.1. The van der Waals surface area contributed by atoms with E-state index in [1.54, 1.807) is 12.2 Å². The number of aliphatic hydroxyl groups excluding tert-OH is 1. The minimum atomic E-state index is -5.02. The summed E-state index contributed by atoms with van der Waals surface area (Å²) in [5, 5.41) is 10.6. The van der Waals surface area contributed by atoms with Crippen molar-refractivity contribution in [1.29, 1.82) is 0 Å². The number of unbranched alkanes of at least 4 members (excludes halogenated alkanes) is 13. The van der Waals surface area contributed by atoms with Crippen molar-refractivity contribution < 1.29 is 80.2 Å². The van der Waals surface area contributed by atoms with Crippen LogP contribution in [0.5, 0.6) is 0 Å². The van der Waals surface area contributed by atoms with Crippen molar-refractivity contribution >= 4 is 39.5 Å². The van der Waals surface area contributed by atoms with E-state index in [1.165, 1.54) is 0 Å². The summed E-state index contributed by atoms with van der Waals surface area (Å²) >= 11 is 0. The second kappa shape index (κ2) is 75.1. The molecular formula is C85H134O17P2. The van der Waals surface area contributed by atoms with Gasteiger partial charge in [-0.3, -0.25) is 37.3 Å². The van der Waals surface area contributed by atoms with Gasteiger partial charge in [0.05, 0.1) is 32.8 Å². The molecule has 0 saturated heterocycles. The van der Waals surface area contributed by atoms with Gasteiger partial charge < -0.3 is 33.8 Å². The summed E-state index contributed by atoms with van der Waals surface area (Å²) in [6.07, 6.45) is 91.7. The number of hydrogen-bond donors (Lipinski definition) is 3. The molecule has 17 nitrogen and oxygen atoms in total. The van der Waals surface area contributed by atoms with Crippen LogP contribution in [0.3, 0.4) is 0 Å². The van der Waals surface area contributed by atoms with Crippen molar-refractivity contribution in [2.75, 3.05) is 39.6 Å². The average Bonchev–Trinajstić information content (AvgIpc) is 0.939. The molecule has 0 saturated carbocycles. The van der Waals surface area contributed by atoms with E-state index >= 15 is 0 Å². The smallest absolute Gasteiger partial charge is 0.462 e. The van der Waals surface area contributed by atoms with Crippen LogP contribution in [-0.2, 0) is 65.4 Å². The highest BCUT2D eigenvalue weighted by molar-refractivity contribution is 7.47. The normalized spacial score (nSPS) is 15.0. The topological polar surface area (TPSA) is 237 Å². The first kappa shape index (κ1) is 97.9. The molecule has 586 valence electrons. The molecule has 0 heterocycles. The Balaban J connectivity index is 5.50. The van der Waals surface area contributed by atoms with E-state index < -0.39 is 97.5 Å². The number of phosphoric acid groups is 2. The molecule has 0 radical (unpaired) electrons. The predicted octanol–water partition coefficient (Wildman–Crippen LogP) is 22.5. The molecule has 0 aromatic rings. The Kier molecular flexibility index (Phi) is 70.7. The van der Waals surface area contributed by atoms with Crippen molar-refractivity contribution in [3.63, 3.8) is 0 Å². The number of carbonyl (C=O) groups excluding carboxylic acids is 4. The van der Waals surface area contributed by atoms with Gasteiger partial charge in [-0.1, -0.05) is 267 Å². The second-order valence-electron chi connectivity index (χ2n) is 24.8. The molecule has 0 aliphatic heterocycles. The third-order valence-corrected chi connectivity index (χ3v) is 17.0. The standard InChI is InChI=1S/C85H134O17P2/c1-5-9-13-17-21-25-29-33-36-38-39-41-44-47-50-54-58-62-66-70-83(88)95-75-80(101-84(89)71-67-63-59-55-51-45-32-28-24-20-16-12-8-4)77-99-103(91,92)97-73-79(86)74-98-104(93,94)100-78-81(102-85(90)72-68-64-60-56-52-48-42-35-31-27-23-19-15-11-7-3)76-96-82(87)69-65-61-57-53-49-46-43-40-37-34-30-26-22-18-14-10-6-2/h9-11,13-16,20-23,25-28,32-37,39,41-43,46-47,50,52,56,64,68,79-81,86H,5-8,12,17-19,24,29-31,38,40,44-45,48-49,51,53-55,57-63,65-67,69-78H2,1-4H3,(H,91,92)(H,93,94)/b13-9-,14-10-,15-11-,20-16-,25-21-,26-22-,27-23-,32-28-,36-33-,37-34-,41-39-,42-35-,46-43-,50-47-,56-52-,68-64-. The molecule has 0 fully saturated rings. The van der Waals surface area contributed by atoms with E-state index in [2.05, 4.69) is 198 Å². The molecule has 0 aromatic carbocycles. The first-order valence-corrected chi connectivity index (χ1v) is 41.7. The highest BCUT2D eigenvalue weighted by atomic mass is 31.2. The molecule has 3 N–H and O–H groups in total. The fraction of sp³-hybridized carbons (Fsp3) is 0.576. The molecule has 19 heteroatoms. The van der Waals surface area contributed by atoms with Crippen LogP contribution < -0.4 is 0 Å². The van der Waals surface area contributed by atoms with Crippen LogP contribution in [0.4, 0.5) is 0 Å². The fourth-order valence-electron chi connectivity index (χ4n) is 9.29. The highest BCUT2D eigenvalue weighted by Crippen LogP contribution is 2.45. The lowest BCUT2D eigenvalue weighted by Gasteiger charge is -2.21. The van der Waals surface area contributed by atoms with Gasteiger partial charge in [-0.25, -0.2) is 9.13 Å². The van der Waals surface area contributed by atoms with E-state index in [0.29, 0.717) is 25.7 Å². The Morgan fingerprint density at radius 2 is 0.538 bits per heavy atom. The van der Waals surface area contributed by atoms with E-state index in [1.807, 2.05) is 12.2 Å². The van der Waals surface area contributed by atoms with Crippen LogP contribution in [0.2, 0.25) is 0 Å². The first-order chi connectivity index (χ1) is 50.7. The maximum Gasteiger partial charge on any atom is 0.472 e. The number of esters is 4. The Hall–Kier alpha value is -6.10. The summed E-state index contributed by atoms with van der Waals surface area (Å²) in [5.41, 5.74) is 0. The molecule has 5 unspecified atom stereocenters. The van der Waals surface area contributed by atoms with Gasteiger partial charge in [0.25, 0.3) is 0 Å². The third-order valence-electron chi connectivity index (χ3n) is 15.0. The summed E-state index contributed by atoms with van der Waals surface area (Å²) in [4.78, 5) is 72.9. The maximum absolute atomic E-state index is 13.1. The molecule has 0 aliphatic carbocycles. The zero-order valence-electron chi connectivity index (χ0n) is 63.9. The van der Waals surface area contributed by atoms with Gasteiger partial charge in [-0.15, -0.1) is 0 Å². The minimum Gasteiger partial charge on any atom is -0.462 e. The number of hydrogen-bond acceptors (Lipinski definition) is 15. The number of ether oxygens (including phenoxy) is 4. The number of allylic oxidation sites excluding steroid dienone is 31. The van der Waals surface area contributed by atoms with Crippen molar-refractivity contribution in [2.24, 2.45) is 0 Å². The molecule has 0 spiro atoms. The zero-order chi connectivity index (χ0) is 76.0. The van der Waals surface area contributed by atoms with E-state index in [-0.39, 0.29) is 25.7 Å². The Morgan fingerprint density at radius 1 is 0.288 bits per heavy atom. The minimum absolute atomic E-state index is 0.0601. The number of rotatable bonds is 70. The number of phosphoric ester groups is 2. The largest absolute Gasteiger partial charge is 0.472 e. The Morgan fingerprint density at radius 3 is 0.865 bits per heavy atom. The molecular weight excluding hydrogens is 1350 g/mol. The lowest BCUT2D eigenvalue weighted by atomic mass is 10.1. The van der Waals surface area contributed by atoms with Gasteiger partial charge in [-0.2, -0.15) is 0 Å².